The van der Waals surface area contributed by atoms with E-state index in [1.807, 2.05) is 6.07 Å². The molecular formula is C28H32N4O4. The summed E-state index contributed by atoms with van der Waals surface area (Å²) < 4.78 is 11.3. The van der Waals surface area contributed by atoms with Crippen LogP contribution in [0.2, 0.25) is 0 Å². The molecule has 8 nitrogen and oxygen atoms in total. The highest BCUT2D eigenvalue weighted by molar-refractivity contribution is 5.92. The second-order valence-electron chi connectivity index (χ2n) is 10.3. The SMILES string of the molecule is CC#CCOC(=O)c1cc(N)cc(NC2C3CC4CC(C3)C(OC(=O)c3cc(N)cc(N)c3)C2C4)c1. The van der Waals surface area contributed by atoms with Gasteiger partial charge in [-0.15, -0.1) is 5.92 Å². The Labute approximate surface area is 210 Å². The van der Waals surface area contributed by atoms with Crippen LogP contribution in [0.3, 0.4) is 0 Å². The number of nitrogens with two attached hydrogens (primary N) is 3. The Morgan fingerprint density at radius 3 is 2.28 bits per heavy atom. The van der Waals surface area contributed by atoms with Crippen molar-refractivity contribution in [2.24, 2.45) is 23.7 Å². The van der Waals surface area contributed by atoms with Crippen molar-refractivity contribution >= 4 is 34.7 Å². The molecule has 6 unspecified atom stereocenters. The molecule has 0 amide bonds. The van der Waals surface area contributed by atoms with Gasteiger partial charge in [-0.3, -0.25) is 0 Å². The van der Waals surface area contributed by atoms with E-state index in [0.29, 0.717) is 45.9 Å². The molecule has 8 heteroatoms. The van der Waals surface area contributed by atoms with Crippen molar-refractivity contribution in [3.8, 4) is 11.8 Å². The summed E-state index contributed by atoms with van der Waals surface area (Å²) in [5, 5.41) is 3.64. The molecule has 2 aromatic carbocycles. The molecular weight excluding hydrogens is 456 g/mol. The Morgan fingerprint density at radius 2 is 1.56 bits per heavy atom. The molecule has 4 aliphatic rings. The molecule has 0 aromatic heterocycles. The van der Waals surface area contributed by atoms with Crippen LogP contribution < -0.4 is 22.5 Å². The third kappa shape index (κ3) is 4.78. The van der Waals surface area contributed by atoms with E-state index in [2.05, 4.69) is 17.2 Å². The fourth-order valence-electron chi connectivity index (χ4n) is 6.55. The van der Waals surface area contributed by atoms with Crippen molar-refractivity contribution in [1.29, 1.82) is 0 Å². The van der Waals surface area contributed by atoms with Crippen molar-refractivity contribution in [2.75, 3.05) is 29.1 Å². The van der Waals surface area contributed by atoms with Crippen LogP contribution in [0.5, 0.6) is 0 Å². The van der Waals surface area contributed by atoms with Crippen LogP contribution in [0, 0.1) is 35.5 Å². The minimum Gasteiger partial charge on any atom is -0.458 e. The van der Waals surface area contributed by atoms with E-state index in [1.165, 1.54) is 0 Å². The van der Waals surface area contributed by atoms with Crippen LogP contribution in [0.25, 0.3) is 0 Å². The van der Waals surface area contributed by atoms with Crippen LogP contribution >= 0.6 is 0 Å². The number of benzene rings is 2. The molecule has 4 saturated carbocycles. The summed E-state index contributed by atoms with van der Waals surface area (Å²) in [6.07, 6.45) is 4.04. The molecule has 36 heavy (non-hydrogen) atoms. The van der Waals surface area contributed by atoms with Gasteiger partial charge in [-0.25, -0.2) is 9.59 Å². The van der Waals surface area contributed by atoms with E-state index in [0.717, 1.165) is 31.4 Å². The maximum atomic E-state index is 13.0. The highest BCUT2D eigenvalue weighted by Gasteiger charge is 2.55. The van der Waals surface area contributed by atoms with Gasteiger partial charge < -0.3 is 32.0 Å². The van der Waals surface area contributed by atoms with Crippen molar-refractivity contribution in [3.05, 3.63) is 47.5 Å². The van der Waals surface area contributed by atoms with Crippen LogP contribution in [0.1, 0.15) is 53.3 Å². The van der Waals surface area contributed by atoms with Gasteiger partial charge >= 0.3 is 11.9 Å². The third-order valence-electron chi connectivity index (χ3n) is 7.77. The number of esters is 2. The van der Waals surface area contributed by atoms with Gasteiger partial charge in [-0.1, -0.05) is 5.92 Å². The fraction of sp³-hybridized carbons (Fsp3) is 0.429. The van der Waals surface area contributed by atoms with Crippen LogP contribution in [0.15, 0.2) is 36.4 Å². The first-order valence-electron chi connectivity index (χ1n) is 12.4. The number of anilines is 4. The predicted molar refractivity (Wildman–Crippen MR) is 139 cm³/mol. The molecule has 6 atom stereocenters. The molecule has 0 spiro atoms. The standard InChI is InChI=1S/C28H32N4O4/c1-2-3-4-35-27(33)19-11-22(31)14-23(12-19)32-25-16-5-15-6-17(8-16)26(24(25)7-15)36-28(34)18-9-20(29)13-21(30)10-18/h9-17,24-26,32H,4-8,29-31H2,1H3. The molecule has 0 heterocycles. The Kier molecular flexibility index (Phi) is 6.40. The highest BCUT2D eigenvalue weighted by atomic mass is 16.5. The average Bonchev–Trinajstić information content (AvgIpc) is 2.82. The summed E-state index contributed by atoms with van der Waals surface area (Å²) in [5.74, 6) is 6.20. The lowest BCUT2D eigenvalue weighted by Gasteiger charge is -2.57. The summed E-state index contributed by atoms with van der Waals surface area (Å²) in [6, 6.07) is 10.1. The third-order valence-corrected chi connectivity index (χ3v) is 7.77. The topological polar surface area (TPSA) is 143 Å². The molecule has 4 aliphatic carbocycles. The zero-order valence-electron chi connectivity index (χ0n) is 20.3. The van der Waals surface area contributed by atoms with E-state index >= 15 is 0 Å². The van der Waals surface area contributed by atoms with Crippen LogP contribution in [0.4, 0.5) is 22.7 Å². The second-order valence-corrected chi connectivity index (χ2v) is 10.3. The van der Waals surface area contributed by atoms with Crippen molar-refractivity contribution in [3.63, 3.8) is 0 Å². The molecule has 7 N–H and O–H groups in total. The Morgan fingerprint density at radius 1 is 0.889 bits per heavy atom. The van der Waals surface area contributed by atoms with Crippen molar-refractivity contribution in [1.82, 2.24) is 0 Å². The van der Waals surface area contributed by atoms with E-state index in [-0.39, 0.29) is 24.7 Å². The summed E-state index contributed by atoms with van der Waals surface area (Å²) in [6.45, 7) is 1.73. The largest absolute Gasteiger partial charge is 0.458 e. The smallest absolute Gasteiger partial charge is 0.339 e. The average molecular weight is 489 g/mol. The van der Waals surface area contributed by atoms with Gasteiger partial charge in [-0.2, -0.15) is 0 Å². The fourth-order valence-corrected chi connectivity index (χ4v) is 6.55. The minimum atomic E-state index is -0.466. The predicted octanol–water partition coefficient (Wildman–Crippen LogP) is 3.69. The zero-order valence-corrected chi connectivity index (χ0v) is 20.3. The quantitative estimate of drug-likeness (QED) is 0.274. The number of rotatable bonds is 6. The number of hydrogen-bond acceptors (Lipinski definition) is 8. The zero-order chi connectivity index (χ0) is 25.4. The van der Waals surface area contributed by atoms with Gasteiger partial charge in [0.2, 0.25) is 0 Å². The summed E-state index contributed by atoms with van der Waals surface area (Å²) >= 11 is 0. The van der Waals surface area contributed by atoms with E-state index in [1.54, 1.807) is 37.3 Å². The normalized spacial score (nSPS) is 27.6. The van der Waals surface area contributed by atoms with Gasteiger partial charge in [-0.05, 0) is 86.8 Å². The van der Waals surface area contributed by atoms with Gasteiger partial charge in [0, 0.05) is 34.7 Å². The number of nitrogens with one attached hydrogen (secondary N) is 1. The first-order valence-corrected chi connectivity index (χ1v) is 12.4. The number of carbonyl (C=O) groups is 2. The van der Waals surface area contributed by atoms with E-state index in [4.69, 9.17) is 26.7 Å². The van der Waals surface area contributed by atoms with Crippen LogP contribution in [-0.4, -0.2) is 30.7 Å². The van der Waals surface area contributed by atoms with E-state index in [9.17, 15) is 9.59 Å². The summed E-state index contributed by atoms with van der Waals surface area (Å²) in [5.41, 5.74) is 20.7. The van der Waals surface area contributed by atoms with E-state index < -0.39 is 11.9 Å². The first kappa shape index (κ1) is 23.9. The highest BCUT2D eigenvalue weighted by Crippen LogP contribution is 2.55. The Balaban J connectivity index is 1.35. The Bertz CT molecular complexity index is 1230. The second kappa shape index (κ2) is 9.65. The molecule has 2 aromatic rings. The van der Waals surface area contributed by atoms with Crippen molar-refractivity contribution in [2.45, 2.75) is 44.8 Å². The lowest BCUT2D eigenvalue weighted by Crippen LogP contribution is -2.59. The monoisotopic (exact) mass is 488 g/mol. The maximum absolute atomic E-state index is 13.0. The minimum absolute atomic E-state index is 0.0359. The molecule has 4 fully saturated rings. The molecule has 0 aliphatic heterocycles. The first-order chi connectivity index (χ1) is 17.3. The lowest BCUT2D eigenvalue weighted by molar-refractivity contribution is -0.107. The molecule has 188 valence electrons. The lowest BCUT2D eigenvalue weighted by atomic mass is 9.52. The summed E-state index contributed by atoms with van der Waals surface area (Å²) in [4.78, 5) is 25.5. The molecule has 6 rings (SSSR count). The molecule has 4 bridgehead atoms. The maximum Gasteiger partial charge on any atom is 0.339 e. The van der Waals surface area contributed by atoms with Gasteiger partial charge in [0.05, 0.1) is 11.1 Å². The molecule has 0 saturated heterocycles. The Hall–Kier alpha value is -3.86. The van der Waals surface area contributed by atoms with Gasteiger partial charge in [0.25, 0.3) is 0 Å². The molecule has 0 radical (unpaired) electrons. The van der Waals surface area contributed by atoms with Gasteiger partial charge in [0.15, 0.2) is 6.61 Å². The summed E-state index contributed by atoms with van der Waals surface area (Å²) in [7, 11) is 0. The van der Waals surface area contributed by atoms with Gasteiger partial charge in [0.1, 0.15) is 6.10 Å². The van der Waals surface area contributed by atoms with Crippen molar-refractivity contribution < 1.29 is 19.1 Å². The number of hydrogen-bond donors (Lipinski definition) is 4. The number of ether oxygens (including phenoxy) is 2. The van der Waals surface area contributed by atoms with Crippen LogP contribution in [-0.2, 0) is 9.47 Å². The number of carbonyl (C=O) groups excluding carboxylic acids is 2. The number of nitrogen functional groups attached to an aromatic ring is 3.